The summed E-state index contributed by atoms with van der Waals surface area (Å²) in [5, 5.41) is 0.627. The number of ether oxygens (including phenoxy) is 1. The summed E-state index contributed by atoms with van der Waals surface area (Å²) in [5.41, 5.74) is 3.74. The average Bonchev–Trinajstić information content (AvgIpc) is 3.45. The number of rotatable bonds is 5. The zero-order chi connectivity index (χ0) is 23.8. The Balaban J connectivity index is 1.46. The molecule has 6 nitrogen and oxygen atoms in total. The van der Waals surface area contributed by atoms with Crippen molar-refractivity contribution >= 4 is 45.0 Å². The molecule has 0 saturated carbocycles. The van der Waals surface area contributed by atoms with Gasteiger partial charge in [-0.3, -0.25) is 14.6 Å². The molecule has 2 aliphatic heterocycles. The summed E-state index contributed by atoms with van der Waals surface area (Å²) in [6.45, 7) is 1.61. The molecule has 2 aliphatic rings. The number of benzene rings is 1. The van der Waals surface area contributed by atoms with E-state index < -0.39 is 6.10 Å². The molecule has 5 rings (SSSR count). The molecule has 2 amide bonds. The summed E-state index contributed by atoms with van der Waals surface area (Å²) in [7, 11) is 3.55. The third-order valence-electron chi connectivity index (χ3n) is 6.58. The van der Waals surface area contributed by atoms with Gasteiger partial charge in [-0.15, -0.1) is 11.3 Å². The summed E-state index contributed by atoms with van der Waals surface area (Å²) in [6.07, 6.45) is 6.25. The first-order chi connectivity index (χ1) is 16.4. The molecular weight excluding hydrogens is 470 g/mol. The van der Waals surface area contributed by atoms with Crippen LogP contribution in [0.15, 0.2) is 30.5 Å². The molecule has 0 bridgehead atoms. The number of thiophene rings is 1. The Bertz CT molecular complexity index is 1250. The lowest BCUT2D eigenvalue weighted by Crippen LogP contribution is -2.43. The molecule has 4 heterocycles. The number of halogens is 1. The molecule has 1 fully saturated rings. The van der Waals surface area contributed by atoms with Crippen LogP contribution in [-0.2, 0) is 22.4 Å². The van der Waals surface area contributed by atoms with E-state index in [4.69, 9.17) is 16.3 Å². The maximum absolute atomic E-state index is 13.1. The Morgan fingerprint density at radius 1 is 1.18 bits per heavy atom. The van der Waals surface area contributed by atoms with Gasteiger partial charge in [0.1, 0.15) is 5.75 Å². The van der Waals surface area contributed by atoms with Gasteiger partial charge in [-0.1, -0.05) is 11.6 Å². The minimum absolute atomic E-state index is 0.0711. The van der Waals surface area contributed by atoms with Gasteiger partial charge in [0, 0.05) is 72.8 Å². The predicted molar refractivity (Wildman–Crippen MR) is 136 cm³/mol. The molecular formula is C26H28ClN3O3S. The Morgan fingerprint density at radius 3 is 2.74 bits per heavy atom. The van der Waals surface area contributed by atoms with E-state index >= 15 is 0 Å². The van der Waals surface area contributed by atoms with E-state index in [1.807, 2.05) is 23.1 Å². The van der Waals surface area contributed by atoms with Crippen molar-refractivity contribution < 1.29 is 14.3 Å². The SMILES string of the molecule is CN(C)C(=O)CCc1cc2nccc(-c3cc(Cl)cc4c3OC(C(=O)N3CCCCC3)C4)c2s1. The fourth-order valence-electron chi connectivity index (χ4n) is 4.76. The number of fused-ring (bicyclic) bond motifs is 2. The van der Waals surface area contributed by atoms with E-state index in [1.54, 1.807) is 36.5 Å². The topological polar surface area (TPSA) is 62.7 Å². The normalized spacial score (nSPS) is 17.5. The van der Waals surface area contributed by atoms with Gasteiger partial charge in [0.25, 0.3) is 5.91 Å². The van der Waals surface area contributed by atoms with Crippen LogP contribution in [0.4, 0.5) is 0 Å². The van der Waals surface area contributed by atoms with Crippen molar-refractivity contribution in [1.82, 2.24) is 14.8 Å². The van der Waals surface area contributed by atoms with E-state index in [0.717, 1.165) is 63.5 Å². The van der Waals surface area contributed by atoms with Gasteiger partial charge in [0.05, 0.1) is 10.2 Å². The highest BCUT2D eigenvalue weighted by atomic mass is 35.5. The zero-order valence-corrected chi connectivity index (χ0v) is 21.0. The molecule has 34 heavy (non-hydrogen) atoms. The van der Waals surface area contributed by atoms with Crippen molar-refractivity contribution in [2.75, 3.05) is 27.2 Å². The lowest BCUT2D eigenvalue weighted by molar-refractivity contribution is -0.138. The van der Waals surface area contributed by atoms with Crippen molar-refractivity contribution in [2.45, 2.75) is 44.6 Å². The second-order valence-electron chi connectivity index (χ2n) is 9.21. The summed E-state index contributed by atoms with van der Waals surface area (Å²) < 4.78 is 7.34. The number of carbonyl (C=O) groups is 2. The van der Waals surface area contributed by atoms with Crippen LogP contribution in [0.25, 0.3) is 21.3 Å². The Morgan fingerprint density at radius 2 is 1.97 bits per heavy atom. The summed E-state index contributed by atoms with van der Waals surface area (Å²) in [5.74, 6) is 0.919. The molecule has 1 saturated heterocycles. The van der Waals surface area contributed by atoms with Crippen LogP contribution in [-0.4, -0.2) is 59.9 Å². The maximum Gasteiger partial charge on any atom is 0.263 e. The van der Waals surface area contributed by atoms with Gasteiger partial charge in [-0.05, 0) is 49.9 Å². The number of piperidine rings is 1. The molecule has 1 aromatic carbocycles. The molecule has 0 N–H and O–H groups in total. The standard InChI is InChI=1S/C26H28ClN3O3S/c1-29(2)23(31)7-6-18-15-21-25(34-18)19(8-9-28-21)20-14-17(27)12-16-13-22(33-24(16)20)26(32)30-10-4-3-5-11-30/h8-9,12,14-15,22H,3-7,10-11,13H2,1-2H3. The second-order valence-corrected chi connectivity index (χ2v) is 10.8. The number of pyridine rings is 1. The summed E-state index contributed by atoms with van der Waals surface area (Å²) >= 11 is 8.17. The molecule has 0 radical (unpaired) electrons. The van der Waals surface area contributed by atoms with Crippen molar-refractivity contribution in [3.63, 3.8) is 0 Å². The molecule has 0 aliphatic carbocycles. The predicted octanol–water partition coefficient (Wildman–Crippen LogP) is 4.95. The van der Waals surface area contributed by atoms with Crippen LogP contribution in [0.1, 0.15) is 36.1 Å². The molecule has 1 unspecified atom stereocenters. The number of aromatic nitrogens is 1. The van der Waals surface area contributed by atoms with Crippen molar-refractivity contribution in [3.05, 3.63) is 45.9 Å². The Labute approximate surface area is 208 Å². The second kappa shape index (κ2) is 9.55. The van der Waals surface area contributed by atoms with Gasteiger partial charge in [0.2, 0.25) is 5.91 Å². The average molecular weight is 498 g/mol. The van der Waals surface area contributed by atoms with E-state index in [9.17, 15) is 9.59 Å². The fraction of sp³-hybridized carbons (Fsp3) is 0.423. The van der Waals surface area contributed by atoms with Gasteiger partial charge < -0.3 is 14.5 Å². The highest BCUT2D eigenvalue weighted by Crippen LogP contribution is 2.45. The van der Waals surface area contributed by atoms with Gasteiger partial charge in [-0.2, -0.15) is 0 Å². The molecule has 0 spiro atoms. The van der Waals surface area contributed by atoms with E-state index in [2.05, 4.69) is 11.1 Å². The van der Waals surface area contributed by atoms with Crippen LogP contribution in [0, 0.1) is 0 Å². The lowest BCUT2D eigenvalue weighted by Gasteiger charge is -2.28. The highest BCUT2D eigenvalue weighted by Gasteiger charge is 2.35. The number of aryl methyl sites for hydroxylation is 1. The van der Waals surface area contributed by atoms with E-state index in [0.29, 0.717) is 24.3 Å². The fourth-order valence-corrected chi connectivity index (χ4v) is 6.14. The third kappa shape index (κ3) is 4.51. The van der Waals surface area contributed by atoms with Crippen LogP contribution in [0.3, 0.4) is 0 Å². The minimum atomic E-state index is -0.501. The molecule has 178 valence electrons. The Kier molecular flexibility index (Phi) is 6.49. The van der Waals surface area contributed by atoms with Crippen molar-refractivity contribution in [2.24, 2.45) is 0 Å². The van der Waals surface area contributed by atoms with Crippen molar-refractivity contribution in [1.29, 1.82) is 0 Å². The van der Waals surface area contributed by atoms with E-state index in [-0.39, 0.29) is 11.8 Å². The van der Waals surface area contributed by atoms with E-state index in [1.165, 1.54) is 6.42 Å². The first kappa shape index (κ1) is 23.1. The van der Waals surface area contributed by atoms with Gasteiger partial charge >= 0.3 is 0 Å². The number of hydrogen-bond donors (Lipinski definition) is 0. The van der Waals surface area contributed by atoms with Crippen LogP contribution >= 0.6 is 22.9 Å². The number of nitrogens with zero attached hydrogens (tertiary/aromatic N) is 3. The number of carbonyl (C=O) groups excluding carboxylic acids is 2. The quantitative estimate of drug-likeness (QED) is 0.500. The summed E-state index contributed by atoms with van der Waals surface area (Å²) in [6, 6.07) is 7.86. The first-order valence-electron chi connectivity index (χ1n) is 11.8. The molecule has 1 atom stereocenters. The summed E-state index contributed by atoms with van der Waals surface area (Å²) in [4.78, 5) is 34.4. The molecule has 2 aromatic heterocycles. The number of likely N-dealkylation sites (tertiary alicyclic amines) is 1. The van der Waals surface area contributed by atoms with Crippen molar-refractivity contribution in [3.8, 4) is 16.9 Å². The monoisotopic (exact) mass is 497 g/mol. The van der Waals surface area contributed by atoms with Gasteiger partial charge in [-0.25, -0.2) is 0 Å². The van der Waals surface area contributed by atoms with Crippen LogP contribution in [0.2, 0.25) is 5.02 Å². The Hall–Kier alpha value is -2.64. The van der Waals surface area contributed by atoms with Crippen LogP contribution in [0.5, 0.6) is 5.75 Å². The highest BCUT2D eigenvalue weighted by molar-refractivity contribution is 7.19. The van der Waals surface area contributed by atoms with Crippen LogP contribution < -0.4 is 4.74 Å². The minimum Gasteiger partial charge on any atom is -0.479 e. The number of amides is 2. The number of hydrogen-bond acceptors (Lipinski definition) is 5. The first-order valence-corrected chi connectivity index (χ1v) is 13.0. The molecule has 3 aromatic rings. The third-order valence-corrected chi connectivity index (χ3v) is 8.01. The maximum atomic E-state index is 13.1. The molecule has 8 heteroatoms. The lowest BCUT2D eigenvalue weighted by atomic mass is 10.0. The van der Waals surface area contributed by atoms with Gasteiger partial charge in [0.15, 0.2) is 6.10 Å². The smallest absolute Gasteiger partial charge is 0.263 e. The zero-order valence-electron chi connectivity index (χ0n) is 19.5. The largest absolute Gasteiger partial charge is 0.479 e.